The summed E-state index contributed by atoms with van der Waals surface area (Å²) in [6.45, 7) is 5.52. The fourth-order valence-electron chi connectivity index (χ4n) is 3.27. The van der Waals surface area contributed by atoms with E-state index in [2.05, 4.69) is 10.6 Å². The van der Waals surface area contributed by atoms with E-state index in [9.17, 15) is 9.59 Å². The maximum atomic E-state index is 12.7. The zero-order valence-corrected chi connectivity index (χ0v) is 13.1. The zero-order chi connectivity index (χ0) is 15.3. The van der Waals surface area contributed by atoms with Crippen molar-refractivity contribution in [1.29, 1.82) is 0 Å². The van der Waals surface area contributed by atoms with Crippen molar-refractivity contribution in [2.45, 2.75) is 38.6 Å². The van der Waals surface area contributed by atoms with Crippen LogP contribution in [0.2, 0.25) is 0 Å². The number of hydrogen-bond acceptors (Lipinski definition) is 4. The molecule has 2 fully saturated rings. The van der Waals surface area contributed by atoms with E-state index in [4.69, 9.17) is 4.74 Å². The highest BCUT2D eigenvalue weighted by atomic mass is 16.5. The molecule has 0 aromatic heterocycles. The van der Waals surface area contributed by atoms with Crippen LogP contribution in [-0.4, -0.2) is 62.7 Å². The Kier molecular flexibility index (Phi) is 5.58. The number of nitrogens with zero attached hydrogens (tertiary/aromatic N) is 1. The zero-order valence-electron chi connectivity index (χ0n) is 13.1. The third kappa shape index (κ3) is 3.95. The van der Waals surface area contributed by atoms with E-state index in [1.54, 1.807) is 7.11 Å². The average Bonchev–Trinajstić information content (AvgIpc) is 2.85. The highest BCUT2D eigenvalue weighted by Crippen LogP contribution is 2.29. The molecule has 0 aromatic rings. The predicted molar refractivity (Wildman–Crippen MR) is 79.8 cm³/mol. The first kappa shape index (κ1) is 16.2. The van der Waals surface area contributed by atoms with Crippen molar-refractivity contribution in [2.75, 3.05) is 39.9 Å². The first-order valence-corrected chi connectivity index (χ1v) is 7.86. The van der Waals surface area contributed by atoms with Crippen molar-refractivity contribution in [3.05, 3.63) is 0 Å². The second-order valence-corrected chi connectivity index (χ2v) is 6.28. The molecule has 0 spiro atoms. The van der Waals surface area contributed by atoms with Gasteiger partial charge in [0.1, 0.15) is 0 Å². The number of nitrogens with one attached hydrogen (secondary N) is 2. The number of methoxy groups -OCH3 is 1. The summed E-state index contributed by atoms with van der Waals surface area (Å²) >= 11 is 0. The van der Waals surface area contributed by atoms with Gasteiger partial charge < -0.3 is 20.3 Å². The summed E-state index contributed by atoms with van der Waals surface area (Å²) < 4.78 is 5.28. The van der Waals surface area contributed by atoms with Gasteiger partial charge in [-0.2, -0.15) is 0 Å². The first-order chi connectivity index (χ1) is 10.1. The lowest BCUT2D eigenvalue weighted by Crippen LogP contribution is -2.53. The van der Waals surface area contributed by atoms with E-state index >= 15 is 0 Å². The van der Waals surface area contributed by atoms with Crippen molar-refractivity contribution in [1.82, 2.24) is 15.5 Å². The molecule has 1 unspecified atom stereocenters. The van der Waals surface area contributed by atoms with Gasteiger partial charge >= 0.3 is 0 Å². The molecule has 120 valence electrons. The summed E-state index contributed by atoms with van der Waals surface area (Å²) in [5.41, 5.74) is -0.427. The van der Waals surface area contributed by atoms with Crippen LogP contribution in [0.25, 0.3) is 0 Å². The van der Waals surface area contributed by atoms with E-state index in [0.29, 0.717) is 19.6 Å². The minimum atomic E-state index is -0.427. The SMILES string of the molecule is COCC1(C(=O)NC(C)CN2CCCC2=O)CCNCC1. The average molecular weight is 297 g/mol. The third-order valence-electron chi connectivity index (χ3n) is 4.51. The molecule has 6 heteroatoms. The molecule has 0 saturated carbocycles. The summed E-state index contributed by atoms with van der Waals surface area (Å²) in [5, 5.41) is 6.36. The number of amides is 2. The van der Waals surface area contributed by atoms with E-state index < -0.39 is 5.41 Å². The van der Waals surface area contributed by atoms with Crippen molar-refractivity contribution < 1.29 is 14.3 Å². The largest absolute Gasteiger partial charge is 0.384 e. The smallest absolute Gasteiger partial charge is 0.228 e. The Labute approximate surface area is 126 Å². The number of carbonyl (C=O) groups excluding carboxylic acids is 2. The minimum absolute atomic E-state index is 0.0248. The van der Waals surface area contributed by atoms with E-state index in [1.807, 2.05) is 11.8 Å². The molecule has 2 rings (SSSR count). The fourth-order valence-corrected chi connectivity index (χ4v) is 3.27. The van der Waals surface area contributed by atoms with Crippen molar-refractivity contribution in [2.24, 2.45) is 5.41 Å². The number of hydrogen-bond donors (Lipinski definition) is 2. The number of piperidine rings is 1. The Balaban J connectivity index is 1.90. The standard InChI is InChI=1S/C15H27N3O3/c1-12(10-18-9-3-4-13(18)19)17-14(20)15(11-21-2)5-7-16-8-6-15/h12,16H,3-11H2,1-2H3,(H,17,20). The van der Waals surface area contributed by atoms with Gasteiger partial charge in [-0.1, -0.05) is 0 Å². The number of ether oxygens (including phenoxy) is 1. The topological polar surface area (TPSA) is 70.7 Å². The molecule has 2 saturated heterocycles. The summed E-state index contributed by atoms with van der Waals surface area (Å²) in [4.78, 5) is 26.1. The molecule has 0 bridgehead atoms. The van der Waals surface area contributed by atoms with Gasteiger partial charge in [0, 0.05) is 32.7 Å². The Bertz CT molecular complexity index is 375. The molecule has 0 aliphatic carbocycles. The van der Waals surface area contributed by atoms with Gasteiger partial charge in [0.2, 0.25) is 11.8 Å². The first-order valence-electron chi connectivity index (χ1n) is 7.86. The number of carbonyl (C=O) groups is 2. The van der Waals surface area contributed by atoms with Gasteiger partial charge in [0.05, 0.1) is 12.0 Å². The number of likely N-dealkylation sites (tertiary alicyclic amines) is 1. The molecule has 2 amide bonds. The van der Waals surface area contributed by atoms with Crippen molar-refractivity contribution >= 4 is 11.8 Å². The summed E-state index contributed by atoms with van der Waals surface area (Å²) in [6.07, 6.45) is 3.16. The summed E-state index contributed by atoms with van der Waals surface area (Å²) in [5.74, 6) is 0.259. The van der Waals surface area contributed by atoms with Crippen LogP contribution in [-0.2, 0) is 14.3 Å². The Morgan fingerprint density at radius 2 is 2.19 bits per heavy atom. The molecule has 0 radical (unpaired) electrons. The van der Waals surface area contributed by atoms with E-state index in [0.717, 1.165) is 38.9 Å². The van der Waals surface area contributed by atoms with Crippen LogP contribution in [0.3, 0.4) is 0 Å². The van der Waals surface area contributed by atoms with Crippen LogP contribution in [0.5, 0.6) is 0 Å². The molecular weight excluding hydrogens is 270 g/mol. The normalized spacial score (nSPS) is 23.1. The number of rotatable bonds is 6. The van der Waals surface area contributed by atoms with Crippen LogP contribution < -0.4 is 10.6 Å². The van der Waals surface area contributed by atoms with Gasteiger partial charge in [0.25, 0.3) is 0 Å². The van der Waals surface area contributed by atoms with Crippen LogP contribution in [0.15, 0.2) is 0 Å². The maximum Gasteiger partial charge on any atom is 0.228 e. The second kappa shape index (κ2) is 7.22. The molecule has 6 nitrogen and oxygen atoms in total. The monoisotopic (exact) mass is 297 g/mol. The molecule has 2 N–H and O–H groups in total. The van der Waals surface area contributed by atoms with Crippen LogP contribution >= 0.6 is 0 Å². The Morgan fingerprint density at radius 3 is 2.76 bits per heavy atom. The van der Waals surface area contributed by atoms with E-state index in [1.165, 1.54) is 0 Å². The molecule has 2 aliphatic heterocycles. The fraction of sp³-hybridized carbons (Fsp3) is 0.867. The van der Waals surface area contributed by atoms with Crippen LogP contribution in [0.4, 0.5) is 0 Å². The van der Waals surface area contributed by atoms with Crippen LogP contribution in [0, 0.1) is 5.41 Å². The van der Waals surface area contributed by atoms with Gasteiger partial charge in [-0.05, 0) is 39.3 Å². The predicted octanol–water partition coefficient (Wildman–Crippen LogP) is 0.130. The van der Waals surface area contributed by atoms with Gasteiger partial charge in [-0.3, -0.25) is 9.59 Å². The van der Waals surface area contributed by atoms with E-state index in [-0.39, 0.29) is 17.9 Å². The van der Waals surface area contributed by atoms with Gasteiger partial charge in [0.15, 0.2) is 0 Å². The minimum Gasteiger partial charge on any atom is -0.384 e. The lowest BCUT2D eigenvalue weighted by molar-refractivity contribution is -0.137. The van der Waals surface area contributed by atoms with Crippen LogP contribution in [0.1, 0.15) is 32.6 Å². The summed E-state index contributed by atoms with van der Waals surface area (Å²) in [6, 6.07) is -0.0248. The van der Waals surface area contributed by atoms with Gasteiger partial charge in [-0.25, -0.2) is 0 Å². The Hall–Kier alpha value is -1.14. The summed E-state index contributed by atoms with van der Waals surface area (Å²) in [7, 11) is 1.64. The highest BCUT2D eigenvalue weighted by molar-refractivity contribution is 5.83. The molecular formula is C15H27N3O3. The molecule has 2 heterocycles. The van der Waals surface area contributed by atoms with Gasteiger partial charge in [-0.15, -0.1) is 0 Å². The maximum absolute atomic E-state index is 12.7. The third-order valence-corrected chi connectivity index (χ3v) is 4.51. The van der Waals surface area contributed by atoms with Crippen molar-refractivity contribution in [3.63, 3.8) is 0 Å². The second-order valence-electron chi connectivity index (χ2n) is 6.28. The molecule has 2 aliphatic rings. The molecule has 1 atom stereocenters. The quantitative estimate of drug-likeness (QED) is 0.731. The molecule has 0 aromatic carbocycles. The lowest BCUT2D eigenvalue weighted by atomic mass is 9.78. The Morgan fingerprint density at radius 1 is 1.48 bits per heavy atom. The lowest BCUT2D eigenvalue weighted by Gasteiger charge is -2.36. The van der Waals surface area contributed by atoms with Crippen molar-refractivity contribution in [3.8, 4) is 0 Å². The highest BCUT2D eigenvalue weighted by Gasteiger charge is 2.40. The molecule has 21 heavy (non-hydrogen) atoms.